The summed E-state index contributed by atoms with van der Waals surface area (Å²) >= 11 is 0. The van der Waals surface area contributed by atoms with Gasteiger partial charge >= 0.3 is 0 Å². The van der Waals surface area contributed by atoms with E-state index < -0.39 is 0 Å². The molecule has 1 aliphatic rings. The minimum atomic E-state index is 0.313. The van der Waals surface area contributed by atoms with Gasteiger partial charge in [-0.25, -0.2) is 0 Å². The summed E-state index contributed by atoms with van der Waals surface area (Å²) in [6.07, 6.45) is 3.77. The molecule has 1 aromatic carbocycles. The summed E-state index contributed by atoms with van der Waals surface area (Å²) in [5, 5.41) is 0. The highest BCUT2D eigenvalue weighted by atomic mass is 16.2. The number of likely N-dealkylation sites (tertiary alicyclic amines) is 1. The Morgan fingerprint density at radius 1 is 1.28 bits per heavy atom. The van der Waals surface area contributed by atoms with Gasteiger partial charge in [0.05, 0.1) is 0 Å². The van der Waals surface area contributed by atoms with Crippen LogP contribution in [0.2, 0.25) is 0 Å². The van der Waals surface area contributed by atoms with Crippen LogP contribution in [-0.2, 0) is 4.79 Å². The Morgan fingerprint density at radius 2 is 1.89 bits per heavy atom. The Hall–Kier alpha value is -1.51. The Morgan fingerprint density at radius 3 is 2.44 bits per heavy atom. The number of nitrogens with two attached hydrogens (primary N) is 1. The summed E-state index contributed by atoms with van der Waals surface area (Å²) in [5.74, 6) is 0.893. The van der Waals surface area contributed by atoms with E-state index in [2.05, 4.69) is 19.1 Å². The van der Waals surface area contributed by atoms with Crippen molar-refractivity contribution in [2.45, 2.75) is 38.5 Å². The molecule has 0 aromatic heterocycles. The molecule has 2 rings (SSSR count). The Labute approximate surface area is 109 Å². The number of carbonyl (C=O) groups is 1. The van der Waals surface area contributed by atoms with Gasteiger partial charge in [-0.3, -0.25) is 4.79 Å². The Kier molecular flexibility index (Phi) is 4.24. The van der Waals surface area contributed by atoms with Crippen molar-refractivity contribution < 1.29 is 4.79 Å². The van der Waals surface area contributed by atoms with Gasteiger partial charge in [-0.15, -0.1) is 0 Å². The molecule has 0 radical (unpaired) electrons. The molecule has 0 unspecified atom stereocenters. The number of piperidine rings is 1. The van der Waals surface area contributed by atoms with Gasteiger partial charge in [0, 0.05) is 25.2 Å². The maximum atomic E-state index is 11.8. The molecule has 3 heteroatoms. The largest absolute Gasteiger partial charge is 0.399 e. The van der Waals surface area contributed by atoms with Crippen molar-refractivity contribution in [1.29, 1.82) is 0 Å². The Balaban J connectivity index is 1.90. The average molecular weight is 246 g/mol. The minimum Gasteiger partial charge on any atom is -0.399 e. The van der Waals surface area contributed by atoms with Gasteiger partial charge in [-0.1, -0.05) is 19.1 Å². The molecule has 3 nitrogen and oxygen atoms in total. The van der Waals surface area contributed by atoms with Gasteiger partial charge in [0.2, 0.25) is 5.91 Å². The second-order valence-corrected chi connectivity index (χ2v) is 5.07. The Bertz CT molecular complexity index is 391. The van der Waals surface area contributed by atoms with E-state index in [4.69, 9.17) is 5.73 Å². The third-order valence-corrected chi connectivity index (χ3v) is 3.72. The second-order valence-electron chi connectivity index (χ2n) is 5.07. The van der Waals surface area contributed by atoms with Crippen LogP contribution in [0.4, 0.5) is 5.69 Å². The SMILES string of the molecule is CCCC(=O)N1CCC(c2ccc(N)cc2)CC1. The van der Waals surface area contributed by atoms with Crippen molar-refractivity contribution >= 4 is 11.6 Å². The molecule has 1 fully saturated rings. The normalized spacial score (nSPS) is 16.8. The molecule has 1 aromatic rings. The molecule has 98 valence electrons. The highest BCUT2D eigenvalue weighted by Gasteiger charge is 2.22. The fourth-order valence-electron chi connectivity index (χ4n) is 2.60. The topological polar surface area (TPSA) is 46.3 Å². The molecule has 1 saturated heterocycles. The van der Waals surface area contributed by atoms with Crippen LogP contribution in [-0.4, -0.2) is 23.9 Å². The molecular formula is C15H22N2O. The van der Waals surface area contributed by atoms with E-state index in [0.29, 0.717) is 18.2 Å². The first kappa shape index (κ1) is 12.9. The maximum Gasteiger partial charge on any atom is 0.222 e. The number of hydrogen-bond donors (Lipinski definition) is 1. The predicted molar refractivity (Wildman–Crippen MR) is 74.3 cm³/mol. The number of hydrogen-bond acceptors (Lipinski definition) is 2. The van der Waals surface area contributed by atoms with E-state index in [9.17, 15) is 4.79 Å². The summed E-state index contributed by atoms with van der Waals surface area (Å²) in [5.41, 5.74) is 7.87. The molecule has 0 saturated carbocycles. The van der Waals surface area contributed by atoms with Crippen LogP contribution in [0.15, 0.2) is 24.3 Å². The van der Waals surface area contributed by atoms with Crippen LogP contribution in [0.5, 0.6) is 0 Å². The number of carbonyl (C=O) groups excluding carboxylic acids is 1. The number of nitrogen functional groups attached to an aromatic ring is 1. The van der Waals surface area contributed by atoms with Gasteiger partial charge in [0.25, 0.3) is 0 Å². The summed E-state index contributed by atoms with van der Waals surface area (Å²) < 4.78 is 0. The van der Waals surface area contributed by atoms with E-state index in [1.807, 2.05) is 17.0 Å². The van der Waals surface area contributed by atoms with Crippen LogP contribution < -0.4 is 5.73 Å². The molecule has 0 spiro atoms. The number of rotatable bonds is 3. The molecule has 1 amide bonds. The predicted octanol–water partition coefficient (Wildman–Crippen LogP) is 2.77. The molecule has 18 heavy (non-hydrogen) atoms. The van der Waals surface area contributed by atoms with Crippen molar-refractivity contribution in [1.82, 2.24) is 4.90 Å². The first-order chi connectivity index (χ1) is 8.70. The third-order valence-electron chi connectivity index (χ3n) is 3.72. The number of anilines is 1. The lowest BCUT2D eigenvalue weighted by Crippen LogP contribution is -2.37. The van der Waals surface area contributed by atoms with Crippen LogP contribution in [0, 0.1) is 0 Å². The van der Waals surface area contributed by atoms with E-state index in [1.54, 1.807) is 0 Å². The fraction of sp³-hybridized carbons (Fsp3) is 0.533. The van der Waals surface area contributed by atoms with Gasteiger partial charge in [0.15, 0.2) is 0 Å². The van der Waals surface area contributed by atoms with Crippen molar-refractivity contribution in [3.63, 3.8) is 0 Å². The van der Waals surface area contributed by atoms with E-state index >= 15 is 0 Å². The van der Waals surface area contributed by atoms with Gasteiger partial charge in [-0.2, -0.15) is 0 Å². The third kappa shape index (κ3) is 3.03. The van der Waals surface area contributed by atoms with E-state index in [1.165, 1.54) is 5.56 Å². The molecule has 0 bridgehead atoms. The quantitative estimate of drug-likeness (QED) is 0.834. The molecule has 1 aliphatic heterocycles. The molecule has 1 heterocycles. The summed E-state index contributed by atoms with van der Waals surface area (Å²) in [6.45, 7) is 3.85. The lowest BCUT2D eigenvalue weighted by atomic mass is 9.89. The summed E-state index contributed by atoms with van der Waals surface area (Å²) in [6, 6.07) is 8.15. The molecule has 0 aliphatic carbocycles. The van der Waals surface area contributed by atoms with Crippen LogP contribution in [0.3, 0.4) is 0 Å². The van der Waals surface area contributed by atoms with Crippen molar-refractivity contribution in [2.75, 3.05) is 18.8 Å². The van der Waals surface area contributed by atoms with Gasteiger partial charge in [-0.05, 0) is 42.9 Å². The first-order valence-corrected chi connectivity index (χ1v) is 6.84. The number of amides is 1. The average Bonchev–Trinajstić information content (AvgIpc) is 2.40. The van der Waals surface area contributed by atoms with E-state index in [0.717, 1.165) is 38.0 Å². The zero-order valence-electron chi connectivity index (χ0n) is 11.1. The molecular weight excluding hydrogens is 224 g/mol. The van der Waals surface area contributed by atoms with Crippen LogP contribution in [0.1, 0.15) is 44.1 Å². The summed E-state index contributed by atoms with van der Waals surface area (Å²) in [7, 11) is 0. The fourth-order valence-corrected chi connectivity index (χ4v) is 2.60. The minimum absolute atomic E-state index is 0.313. The lowest BCUT2D eigenvalue weighted by molar-refractivity contribution is -0.132. The number of nitrogens with zero attached hydrogens (tertiary/aromatic N) is 1. The van der Waals surface area contributed by atoms with Crippen molar-refractivity contribution in [3.8, 4) is 0 Å². The zero-order valence-corrected chi connectivity index (χ0v) is 11.1. The highest BCUT2D eigenvalue weighted by Crippen LogP contribution is 2.28. The standard InChI is InChI=1S/C15H22N2O/c1-2-3-15(18)17-10-8-13(9-11-17)12-4-6-14(16)7-5-12/h4-7,13H,2-3,8-11,16H2,1H3. The lowest BCUT2D eigenvalue weighted by Gasteiger charge is -2.32. The second kappa shape index (κ2) is 5.89. The first-order valence-electron chi connectivity index (χ1n) is 6.84. The zero-order chi connectivity index (χ0) is 13.0. The smallest absolute Gasteiger partial charge is 0.222 e. The van der Waals surface area contributed by atoms with E-state index in [-0.39, 0.29) is 0 Å². The summed E-state index contributed by atoms with van der Waals surface area (Å²) in [4.78, 5) is 13.8. The monoisotopic (exact) mass is 246 g/mol. The van der Waals surface area contributed by atoms with Gasteiger partial charge in [0.1, 0.15) is 0 Å². The van der Waals surface area contributed by atoms with Crippen LogP contribution >= 0.6 is 0 Å². The molecule has 0 atom stereocenters. The maximum absolute atomic E-state index is 11.8. The van der Waals surface area contributed by atoms with Crippen molar-refractivity contribution in [3.05, 3.63) is 29.8 Å². The van der Waals surface area contributed by atoms with Crippen LogP contribution in [0.25, 0.3) is 0 Å². The highest BCUT2D eigenvalue weighted by molar-refractivity contribution is 5.76. The van der Waals surface area contributed by atoms with Gasteiger partial charge < -0.3 is 10.6 Å². The molecule has 2 N–H and O–H groups in total. The number of benzene rings is 1. The van der Waals surface area contributed by atoms with Crippen molar-refractivity contribution in [2.24, 2.45) is 0 Å².